The van der Waals surface area contributed by atoms with E-state index in [4.69, 9.17) is 10.5 Å². The minimum absolute atomic E-state index is 0.525. The van der Waals surface area contributed by atoms with Crippen LogP contribution >= 0.6 is 0 Å². The summed E-state index contributed by atoms with van der Waals surface area (Å²) in [5.74, 6) is 1.07. The van der Waals surface area contributed by atoms with Crippen LogP contribution in [0.1, 0.15) is 5.69 Å². The summed E-state index contributed by atoms with van der Waals surface area (Å²) in [5.41, 5.74) is 7.25. The number of methoxy groups -OCH3 is 1. The van der Waals surface area contributed by atoms with Gasteiger partial charge >= 0.3 is 0 Å². The molecule has 0 aliphatic rings. The molecule has 13 heavy (non-hydrogen) atoms. The van der Waals surface area contributed by atoms with Gasteiger partial charge in [0.25, 0.3) is 0 Å². The third-order valence-corrected chi connectivity index (χ3v) is 1.88. The highest BCUT2D eigenvalue weighted by Crippen LogP contribution is 2.14. The van der Waals surface area contributed by atoms with Gasteiger partial charge in [-0.25, -0.2) is 4.98 Å². The number of hydrogen-bond acceptors (Lipinski definition) is 4. The fourth-order valence-electron chi connectivity index (χ4n) is 1.15. The number of nitrogen functional groups attached to an aromatic ring is 1. The van der Waals surface area contributed by atoms with Gasteiger partial charge in [-0.1, -0.05) is 0 Å². The summed E-state index contributed by atoms with van der Waals surface area (Å²) in [6.07, 6.45) is 0. The van der Waals surface area contributed by atoms with Gasteiger partial charge in [-0.15, -0.1) is 5.10 Å². The maximum absolute atomic E-state index is 5.74. The zero-order valence-corrected chi connectivity index (χ0v) is 7.48. The van der Waals surface area contributed by atoms with Crippen LogP contribution in [0.3, 0.4) is 0 Å². The fourth-order valence-corrected chi connectivity index (χ4v) is 1.15. The first-order valence-electron chi connectivity index (χ1n) is 3.88. The van der Waals surface area contributed by atoms with Crippen molar-refractivity contribution < 1.29 is 4.74 Å². The molecule has 0 aliphatic carbocycles. The van der Waals surface area contributed by atoms with E-state index >= 15 is 0 Å². The summed E-state index contributed by atoms with van der Waals surface area (Å²) in [6, 6.07) is 3.57. The van der Waals surface area contributed by atoms with Gasteiger partial charge in [0.2, 0.25) is 5.88 Å². The molecule has 0 spiro atoms. The summed E-state index contributed by atoms with van der Waals surface area (Å²) in [4.78, 5) is 4.21. The van der Waals surface area contributed by atoms with Crippen molar-refractivity contribution in [3.8, 4) is 5.88 Å². The average Bonchev–Trinajstić information content (AvgIpc) is 2.43. The van der Waals surface area contributed by atoms with Gasteiger partial charge < -0.3 is 10.5 Å². The Balaban J connectivity index is 2.75. The summed E-state index contributed by atoms with van der Waals surface area (Å²) in [6.45, 7) is 1.84. The number of aryl methyl sites for hydroxylation is 1. The Hall–Kier alpha value is -1.78. The molecule has 0 aliphatic heterocycles. The van der Waals surface area contributed by atoms with Crippen molar-refractivity contribution >= 4 is 11.5 Å². The van der Waals surface area contributed by atoms with E-state index in [0.717, 1.165) is 11.3 Å². The van der Waals surface area contributed by atoms with E-state index in [9.17, 15) is 0 Å². The molecule has 0 unspecified atom stereocenters. The van der Waals surface area contributed by atoms with Crippen molar-refractivity contribution in [2.24, 2.45) is 0 Å². The maximum Gasteiger partial charge on any atom is 0.231 e. The van der Waals surface area contributed by atoms with Crippen LogP contribution in [0.15, 0.2) is 12.1 Å². The van der Waals surface area contributed by atoms with Crippen LogP contribution < -0.4 is 10.5 Å². The molecule has 2 heterocycles. The third-order valence-electron chi connectivity index (χ3n) is 1.88. The largest absolute Gasteiger partial charge is 0.480 e. The van der Waals surface area contributed by atoms with E-state index in [-0.39, 0.29) is 0 Å². The van der Waals surface area contributed by atoms with Gasteiger partial charge in [0.05, 0.1) is 12.8 Å². The van der Waals surface area contributed by atoms with E-state index in [1.54, 1.807) is 17.7 Å². The lowest BCUT2D eigenvalue weighted by molar-refractivity contribution is 0.390. The van der Waals surface area contributed by atoms with Crippen LogP contribution in [-0.2, 0) is 0 Å². The first-order chi connectivity index (χ1) is 6.22. The number of nitrogens with zero attached hydrogens (tertiary/aromatic N) is 3. The van der Waals surface area contributed by atoms with E-state index in [1.807, 2.05) is 13.0 Å². The normalized spacial score (nSPS) is 10.6. The molecule has 0 amide bonds. The van der Waals surface area contributed by atoms with Gasteiger partial charge in [-0.3, -0.25) is 0 Å². The SMILES string of the molecule is COc1ccc2nc(C)c(N)n2n1. The minimum atomic E-state index is 0.525. The van der Waals surface area contributed by atoms with E-state index in [0.29, 0.717) is 11.7 Å². The molecular weight excluding hydrogens is 168 g/mol. The molecule has 0 aromatic carbocycles. The Labute approximate surface area is 75.1 Å². The van der Waals surface area contributed by atoms with Crippen molar-refractivity contribution in [3.05, 3.63) is 17.8 Å². The predicted octanol–water partition coefficient (Wildman–Crippen LogP) is 0.629. The Morgan fingerprint density at radius 1 is 1.46 bits per heavy atom. The van der Waals surface area contributed by atoms with E-state index in [2.05, 4.69) is 10.1 Å². The smallest absolute Gasteiger partial charge is 0.231 e. The number of fused-ring (bicyclic) bond motifs is 1. The first kappa shape index (κ1) is 7.85. The molecule has 2 aromatic rings. The molecule has 0 saturated heterocycles. The first-order valence-corrected chi connectivity index (χ1v) is 3.88. The molecule has 5 heteroatoms. The van der Waals surface area contributed by atoms with Gasteiger partial charge in [-0.05, 0) is 13.0 Å². The van der Waals surface area contributed by atoms with Crippen LogP contribution in [-0.4, -0.2) is 21.7 Å². The predicted molar refractivity (Wildman–Crippen MR) is 48.7 cm³/mol. The molecule has 2 aromatic heterocycles. The van der Waals surface area contributed by atoms with Crippen molar-refractivity contribution in [2.75, 3.05) is 12.8 Å². The average molecular weight is 178 g/mol. The lowest BCUT2D eigenvalue weighted by atomic mass is 10.5. The Bertz CT molecular complexity index is 449. The molecular formula is C8H10N4O. The van der Waals surface area contributed by atoms with Gasteiger partial charge in [-0.2, -0.15) is 4.52 Å². The monoisotopic (exact) mass is 178 g/mol. The zero-order chi connectivity index (χ0) is 9.42. The highest BCUT2D eigenvalue weighted by Gasteiger charge is 2.06. The van der Waals surface area contributed by atoms with Crippen LogP contribution in [0.2, 0.25) is 0 Å². The van der Waals surface area contributed by atoms with Crippen molar-refractivity contribution in [2.45, 2.75) is 6.92 Å². The van der Waals surface area contributed by atoms with Crippen LogP contribution in [0, 0.1) is 6.92 Å². The number of imidazole rings is 1. The van der Waals surface area contributed by atoms with E-state index < -0.39 is 0 Å². The molecule has 2 N–H and O–H groups in total. The summed E-state index contributed by atoms with van der Waals surface area (Å²) in [5, 5.41) is 4.12. The van der Waals surface area contributed by atoms with Crippen LogP contribution in [0.4, 0.5) is 5.82 Å². The Morgan fingerprint density at radius 3 is 2.92 bits per heavy atom. The number of hydrogen-bond donors (Lipinski definition) is 1. The Kier molecular flexibility index (Phi) is 1.58. The minimum Gasteiger partial charge on any atom is -0.480 e. The molecule has 0 fully saturated rings. The lowest BCUT2D eigenvalue weighted by Gasteiger charge is -1.99. The molecule has 0 saturated carbocycles. The molecule has 0 atom stereocenters. The topological polar surface area (TPSA) is 65.4 Å². The molecule has 0 bridgehead atoms. The van der Waals surface area contributed by atoms with Gasteiger partial charge in [0.15, 0.2) is 5.65 Å². The lowest BCUT2D eigenvalue weighted by Crippen LogP contribution is -1.99. The summed E-state index contributed by atoms with van der Waals surface area (Å²) in [7, 11) is 1.56. The second-order valence-electron chi connectivity index (χ2n) is 2.73. The van der Waals surface area contributed by atoms with Crippen molar-refractivity contribution in [1.29, 1.82) is 0 Å². The molecule has 2 rings (SSSR count). The summed E-state index contributed by atoms with van der Waals surface area (Å²) >= 11 is 0. The van der Waals surface area contributed by atoms with Gasteiger partial charge in [0.1, 0.15) is 5.82 Å². The van der Waals surface area contributed by atoms with Crippen LogP contribution in [0.25, 0.3) is 5.65 Å². The molecule has 0 radical (unpaired) electrons. The molecule has 68 valence electrons. The number of ether oxygens (including phenoxy) is 1. The van der Waals surface area contributed by atoms with Crippen LogP contribution in [0.5, 0.6) is 5.88 Å². The number of anilines is 1. The number of rotatable bonds is 1. The van der Waals surface area contributed by atoms with Crippen molar-refractivity contribution in [1.82, 2.24) is 14.6 Å². The maximum atomic E-state index is 5.74. The quantitative estimate of drug-likeness (QED) is 0.695. The van der Waals surface area contributed by atoms with E-state index in [1.165, 1.54) is 0 Å². The summed E-state index contributed by atoms with van der Waals surface area (Å²) < 4.78 is 6.53. The van der Waals surface area contributed by atoms with Gasteiger partial charge in [0, 0.05) is 6.07 Å². The standard InChI is InChI=1S/C8H10N4O/c1-5-8(9)12-6(10-5)3-4-7(11-12)13-2/h3-4H,9H2,1-2H3. The Morgan fingerprint density at radius 2 is 2.23 bits per heavy atom. The highest BCUT2D eigenvalue weighted by molar-refractivity contribution is 5.51. The fraction of sp³-hybridized carbons (Fsp3) is 0.250. The number of nitrogens with two attached hydrogens (primary N) is 1. The number of aromatic nitrogens is 3. The third kappa shape index (κ3) is 1.09. The zero-order valence-electron chi connectivity index (χ0n) is 7.48. The highest BCUT2D eigenvalue weighted by atomic mass is 16.5. The second kappa shape index (κ2) is 2.62. The van der Waals surface area contributed by atoms with Crippen molar-refractivity contribution in [3.63, 3.8) is 0 Å². The molecule has 5 nitrogen and oxygen atoms in total. The second-order valence-corrected chi connectivity index (χ2v) is 2.73.